The summed E-state index contributed by atoms with van der Waals surface area (Å²) in [5.41, 5.74) is 1.55. The summed E-state index contributed by atoms with van der Waals surface area (Å²) in [5.74, 6) is -0.455. The first kappa shape index (κ1) is 14.1. The molecule has 0 fully saturated rings. The van der Waals surface area contributed by atoms with E-state index >= 15 is 0 Å². The highest BCUT2D eigenvalue weighted by Gasteiger charge is 2.08. The van der Waals surface area contributed by atoms with Crippen LogP contribution in [0, 0.1) is 0 Å². The van der Waals surface area contributed by atoms with E-state index in [2.05, 4.69) is 10.6 Å². The van der Waals surface area contributed by atoms with E-state index in [1.807, 2.05) is 0 Å². The third-order valence-electron chi connectivity index (χ3n) is 2.72. The van der Waals surface area contributed by atoms with Gasteiger partial charge in [0.25, 0.3) is 11.8 Å². The van der Waals surface area contributed by atoms with E-state index in [-0.39, 0.29) is 11.8 Å². The third kappa shape index (κ3) is 3.36. The maximum absolute atomic E-state index is 12.0. The number of rotatable bonds is 3. The van der Waals surface area contributed by atoms with Crippen molar-refractivity contribution in [2.75, 3.05) is 12.4 Å². The van der Waals surface area contributed by atoms with Crippen molar-refractivity contribution in [3.63, 3.8) is 0 Å². The van der Waals surface area contributed by atoms with Gasteiger partial charge in [0.2, 0.25) is 0 Å². The normalized spacial score (nSPS) is 9.90. The number of carbonyl (C=O) groups is 2. The van der Waals surface area contributed by atoms with Crippen LogP contribution >= 0.6 is 11.6 Å². The van der Waals surface area contributed by atoms with Gasteiger partial charge in [0.1, 0.15) is 0 Å². The molecule has 0 spiro atoms. The highest BCUT2D eigenvalue weighted by molar-refractivity contribution is 6.30. The number of nitrogens with one attached hydrogen (secondary N) is 2. The highest BCUT2D eigenvalue weighted by Crippen LogP contribution is 2.14. The summed E-state index contributed by atoms with van der Waals surface area (Å²) in [5, 5.41) is 5.84. The van der Waals surface area contributed by atoms with E-state index in [1.165, 1.54) is 0 Å². The predicted octanol–water partition coefficient (Wildman–Crippen LogP) is 2.95. The van der Waals surface area contributed by atoms with Gasteiger partial charge in [-0.1, -0.05) is 17.7 Å². The Morgan fingerprint density at radius 1 is 0.950 bits per heavy atom. The van der Waals surface area contributed by atoms with Gasteiger partial charge in [-0.05, 0) is 42.5 Å². The Balaban J connectivity index is 2.15. The highest BCUT2D eigenvalue weighted by atomic mass is 35.5. The summed E-state index contributed by atoms with van der Waals surface area (Å²) in [4.78, 5) is 23.5. The maximum atomic E-state index is 12.0. The lowest BCUT2D eigenvalue weighted by Crippen LogP contribution is -2.18. The number of amides is 2. The Bertz CT molecular complexity index is 639. The number of hydrogen-bond acceptors (Lipinski definition) is 2. The zero-order valence-electron chi connectivity index (χ0n) is 10.8. The number of benzene rings is 2. The van der Waals surface area contributed by atoms with Crippen LogP contribution in [0.25, 0.3) is 0 Å². The predicted molar refractivity (Wildman–Crippen MR) is 79.2 cm³/mol. The molecule has 0 aromatic heterocycles. The Morgan fingerprint density at radius 3 is 2.30 bits per heavy atom. The molecule has 0 aliphatic heterocycles. The molecule has 20 heavy (non-hydrogen) atoms. The third-order valence-corrected chi connectivity index (χ3v) is 2.97. The van der Waals surface area contributed by atoms with Gasteiger partial charge < -0.3 is 10.6 Å². The minimum absolute atomic E-state index is 0.201. The average Bonchev–Trinajstić information content (AvgIpc) is 2.47. The van der Waals surface area contributed by atoms with Gasteiger partial charge in [-0.25, -0.2) is 0 Å². The van der Waals surface area contributed by atoms with E-state index in [4.69, 9.17) is 11.6 Å². The van der Waals surface area contributed by atoms with Gasteiger partial charge in [0.15, 0.2) is 0 Å². The molecule has 2 N–H and O–H groups in total. The van der Waals surface area contributed by atoms with Crippen LogP contribution in [0.3, 0.4) is 0 Å². The van der Waals surface area contributed by atoms with Gasteiger partial charge in [-0.2, -0.15) is 0 Å². The van der Waals surface area contributed by atoms with Crippen LogP contribution in [0.15, 0.2) is 48.5 Å². The van der Waals surface area contributed by atoms with Gasteiger partial charge in [-0.3, -0.25) is 9.59 Å². The van der Waals surface area contributed by atoms with Crippen molar-refractivity contribution >= 4 is 29.1 Å². The molecule has 2 amide bonds. The molecule has 0 saturated carbocycles. The first-order valence-corrected chi connectivity index (χ1v) is 6.37. The average molecular weight is 289 g/mol. The van der Waals surface area contributed by atoms with Gasteiger partial charge in [-0.15, -0.1) is 0 Å². The van der Waals surface area contributed by atoms with E-state index in [9.17, 15) is 9.59 Å². The van der Waals surface area contributed by atoms with Crippen molar-refractivity contribution in [3.8, 4) is 0 Å². The zero-order valence-corrected chi connectivity index (χ0v) is 11.6. The Labute approximate surface area is 121 Å². The van der Waals surface area contributed by atoms with Crippen LogP contribution in [0.4, 0.5) is 5.69 Å². The molecule has 0 aliphatic carbocycles. The molecular formula is C15H13ClN2O2. The second-order valence-corrected chi connectivity index (χ2v) is 4.56. The SMILES string of the molecule is CNC(=O)c1cccc(NC(=O)c2ccc(Cl)cc2)c1. The summed E-state index contributed by atoms with van der Waals surface area (Å²) in [6.45, 7) is 0. The number of carbonyl (C=O) groups excluding carboxylic acids is 2. The van der Waals surface area contributed by atoms with Crippen LogP contribution in [0.5, 0.6) is 0 Å². The molecule has 0 aliphatic rings. The van der Waals surface area contributed by atoms with Crippen molar-refractivity contribution in [2.24, 2.45) is 0 Å². The minimum atomic E-state index is -0.254. The first-order valence-electron chi connectivity index (χ1n) is 5.99. The van der Waals surface area contributed by atoms with E-state index in [0.717, 1.165) is 0 Å². The van der Waals surface area contributed by atoms with Crippen molar-refractivity contribution < 1.29 is 9.59 Å². The number of anilines is 1. The second kappa shape index (κ2) is 6.21. The van der Waals surface area contributed by atoms with Gasteiger partial charge in [0, 0.05) is 28.9 Å². The molecule has 0 heterocycles. The first-order chi connectivity index (χ1) is 9.60. The summed E-state index contributed by atoms with van der Waals surface area (Å²) in [7, 11) is 1.56. The fraction of sp³-hybridized carbons (Fsp3) is 0.0667. The van der Waals surface area contributed by atoms with Crippen molar-refractivity contribution in [3.05, 3.63) is 64.7 Å². The topological polar surface area (TPSA) is 58.2 Å². The molecular weight excluding hydrogens is 276 g/mol. The summed E-state index contributed by atoms with van der Waals surface area (Å²) in [6.07, 6.45) is 0. The van der Waals surface area contributed by atoms with Gasteiger partial charge in [0.05, 0.1) is 0 Å². The van der Waals surface area contributed by atoms with Crippen molar-refractivity contribution in [1.82, 2.24) is 5.32 Å². The Kier molecular flexibility index (Phi) is 4.38. The Hall–Kier alpha value is -2.33. The lowest BCUT2D eigenvalue weighted by Gasteiger charge is -2.07. The van der Waals surface area contributed by atoms with E-state index in [1.54, 1.807) is 55.6 Å². The summed E-state index contributed by atoms with van der Waals surface area (Å²) >= 11 is 5.77. The largest absolute Gasteiger partial charge is 0.355 e. The quantitative estimate of drug-likeness (QED) is 0.912. The number of halogens is 1. The molecule has 2 rings (SSSR count). The molecule has 4 nitrogen and oxygen atoms in total. The molecule has 0 atom stereocenters. The van der Waals surface area contributed by atoms with Crippen LogP contribution < -0.4 is 10.6 Å². The van der Waals surface area contributed by atoms with Crippen LogP contribution in [0.2, 0.25) is 5.02 Å². The molecule has 2 aromatic rings. The smallest absolute Gasteiger partial charge is 0.255 e. The molecule has 2 aromatic carbocycles. The van der Waals surface area contributed by atoms with Crippen molar-refractivity contribution in [1.29, 1.82) is 0 Å². The Morgan fingerprint density at radius 2 is 1.65 bits per heavy atom. The fourth-order valence-electron chi connectivity index (χ4n) is 1.69. The van der Waals surface area contributed by atoms with Crippen molar-refractivity contribution in [2.45, 2.75) is 0 Å². The minimum Gasteiger partial charge on any atom is -0.355 e. The molecule has 0 saturated heterocycles. The standard InChI is InChI=1S/C15H13ClN2O2/c1-17-14(19)11-3-2-4-13(9-11)18-15(20)10-5-7-12(16)8-6-10/h2-9H,1H3,(H,17,19)(H,18,20). The zero-order chi connectivity index (χ0) is 14.5. The van der Waals surface area contributed by atoms with Crippen LogP contribution in [-0.4, -0.2) is 18.9 Å². The fourth-order valence-corrected chi connectivity index (χ4v) is 1.81. The lowest BCUT2D eigenvalue weighted by atomic mass is 10.1. The second-order valence-electron chi connectivity index (χ2n) is 4.12. The summed E-state index contributed by atoms with van der Waals surface area (Å²) in [6, 6.07) is 13.3. The molecule has 5 heteroatoms. The molecule has 0 radical (unpaired) electrons. The molecule has 0 bridgehead atoms. The van der Waals surface area contributed by atoms with E-state index < -0.39 is 0 Å². The maximum Gasteiger partial charge on any atom is 0.255 e. The van der Waals surface area contributed by atoms with Gasteiger partial charge >= 0.3 is 0 Å². The molecule has 102 valence electrons. The monoisotopic (exact) mass is 288 g/mol. The lowest BCUT2D eigenvalue weighted by molar-refractivity contribution is 0.0961. The van der Waals surface area contributed by atoms with E-state index in [0.29, 0.717) is 21.8 Å². The molecule has 0 unspecified atom stereocenters. The summed E-state index contributed by atoms with van der Waals surface area (Å²) < 4.78 is 0. The van der Waals surface area contributed by atoms with Crippen LogP contribution in [-0.2, 0) is 0 Å². The van der Waals surface area contributed by atoms with Crippen LogP contribution in [0.1, 0.15) is 20.7 Å². The number of hydrogen-bond donors (Lipinski definition) is 2.